The third kappa shape index (κ3) is 3.64. The summed E-state index contributed by atoms with van der Waals surface area (Å²) in [5, 5.41) is 1.56. The Kier molecular flexibility index (Phi) is 5.14. The van der Waals surface area contributed by atoms with E-state index >= 15 is 0 Å². The molecule has 3 atom stereocenters. The quantitative estimate of drug-likeness (QED) is 0.345. The van der Waals surface area contributed by atoms with Crippen molar-refractivity contribution in [3.8, 4) is 5.75 Å². The number of para-hydroxylation sites is 1. The number of ether oxygens (including phenoxy) is 1. The zero-order valence-corrected chi connectivity index (χ0v) is 17.6. The highest BCUT2D eigenvalue weighted by Gasteiger charge is 2.60. The van der Waals surface area contributed by atoms with Crippen molar-refractivity contribution in [2.24, 2.45) is 5.92 Å². The molecule has 0 bridgehead atoms. The molecule has 2 saturated heterocycles. The summed E-state index contributed by atoms with van der Waals surface area (Å²) in [6, 6.07) is 20.4. The number of nitrogens with zero attached hydrogens (tertiary/aromatic N) is 2. The Bertz CT molecular complexity index is 1210. The van der Waals surface area contributed by atoms with Crippen LogP contribution in [0.5, 0.6) is 5.75 Å². The minimum Gasteiger partial charge on any atom is -0.427 e. The average molecular weight is 446 g/mol. The molecule has 0 spiro atoms. The Morgan fingerprint density at radius 3 is 2.18 bits per heavy atom. The van der Waals surface area contributed by atoms with Crippen molar-refractivity contribution in [2.45, 2.75) is 19.1 Å². The van der Waals surface area contributed by atoms with Crippen molar-refractivity contribution >= 4 is 29.2 Å². The third-order valence-corrected chi connectivity index (χ3v) is 5.69. The molecule has 166 valence electrons. The maximum atomic E-state index is 13.6. The van der Waals surface area contributed by atoms with Crippen LogP contribution in [0.3, 0.4) is 0 Å². The molecule has 2 aliphatic heterocycles. The van der Waals surface area contributed by atoms with E-state index in [4.69, 9.17) is 9.57 Å². The van der Waals surface area contributed by atoms with Gasteiger partial charge in [-0.2, -0.15) is 0 Å². The number of halogens is 1. The number of fused-ring (bicyclic) bond motifs is 1. The summed E-state index contributed by atoms with van der Waals surface area (Å²) < 4.78 is 18.6. The van der Waals surface area contributed by atoms with Crippen LogP contribution in [0.4, 0.5) is 15.8 Å². The van der Waals surface area contributed by atoms with Crippen LogP contribution in [0.2, 0.25) is 0 Å². The standard InChI is InChI=1S/C25H19FN2O5/c1-15(29)32-20-13-11-18(12-14-20)27-24(30)21-22(16-7-9-17(26)10-8-16)28(33-23(21)25(27)31)19-5-3-2-4-6-19/h2-14,21-23H,1H3. The van der Waals surface area contributed by atoms with E-state index in [9.17, 15) is 18.8 Å². The van der Waals surface area contributed by atoms with Crippen LogP contribution < -0.4 is 14.7 Å². The molecule has 3 aromatic carbocycles. The van der Waals surface area contributed by atoms with Crippen LogP contribution in [0.1, 0.15) is 18.5 Å². The minimum absolute atomic E-state index is 0.307. The van der Waals surface area contributed by atoms with E-state index in [0.717, 1.165) is 4.90 Å². The number of hydrogen-bond acceptors (Lipinski definition) is 6. The summed E-state index contributed by atoms with van der Waals surface area (Å²) in [4.78, 5) is 45.1. The number of rotatable bonds is 4. The second-order valence-corrected chi connectivity index (χ2v) is 7.81. The Labute approximate surface area is 188 Å². The Balaban J connectivity index is 1.51. The molecule has 0 radical (unpaired) electrons. The molecule has 3 aromatic rings. The van der Waals surface area contributed by atoms with Gasteiger partial charge in [-0.3, -0.25) is 19.2 Å². The number of benzene rings is 3. The van der Waals surface area contributed by atoms with Crippen LogP contribution in [0.25, 0.3) is 0 Å². The lowest BCUT2D eigenvalue weighted by molar-refractivity contribution is -0.132. The van der Waals surface area contributed by atoms with E-state index in [1.54, 1.807) is 17.2 Å². The molecule has 2 fully saturated rings. The van der Waals surface area contributed by atoms with Crippen molar-refractivity contribution in [1.29, 1.82) is 0 Å². The first-order valence-electron chi connectivity index (χ1n) is 10.4. The second kappa shape index (κ2) is 8.14. The molecule has 5 rings (SSSR count). The molecule has 2 amide bonds. The Morgan fingerprint density at radius 2 is 1.55 bits per heavy atom. The second-order valence-electron chi connectivity index (χ2n) is 7.81. The van der Waals surface area contributed by atoms with Gasteiger partial charge in [0.05, 0.1) is 17.4 Å². The first-order chi connectivity index (χ1) is 15.9. The molecule has 0 N–H and O–H groups in total. The van der Waals surface area contributed by atoms with Gasteiger partial charge in [0.25, 0.3) is 5.91 Å². The average Bonchev–Trinajstić information content (AvgIpc) is 3.31. The number of amides is 2. The van der Waals surface area contributed by atoms with Crippen LogP contribution in [-0.2, 0) is 19.2 Å². The molecule has 2 heterocycles. The summed E-state index contributed by atoms with van der Waals surface area (Å²) >= 11 is 0. The lowest BCUT2D eigenvalue weighted by atomic mass is 9.90. The molecule has 8 heteroatoms. The van der Waals surface area contributed by atoms with Crippen molar-refractivity contribution in [1.82, 2.24) is 0 Å². The largest absolute Gasteiger partial charge is 0.427 e. The molecule has 0 aromatic heterocycles. The lowest BCUT2D eigenvalue weighted by Crippen LogP contribution is -2.37. The highest BCUT2D eigenvalue weighted by Crippen LogP contribution is 2.47. The number of carbonyl (C=O) groups excluding carboxylic acids is 3. The molecular weight excluding hydrogens is 427 g/mol. The Hall–Kier alpha value is -4.04. The summed E-state index contributed by atoms with van der Waals surface area (Å²) in [7, 11) is 0. The van der Waals surface area contributed by atoms with E-state index in [-0.39, 0.29) is 0 Å². The van der Waals surface area contributed by atoms with Crippen molar-refractivity contribution in [3.05, 3.63) is 90.2 Å². The van der Waals surface area contributed by atoms with Gasteiger partial charge in [0, 0.05) is 6.92 Å². The van der Waals surface area contributed by atoms with Crippen LogP contribution in [0, 0.1) is 11.7 Å². The van der Waals surface area contributed by atoms with Crippen LogP contribution in [-0.4, -0.2) is 23.9 Å². The first-order valence-corrected chi connectivity index (χ1v) is 10.4. The Morgan fingerprint density at radius 1 is 0.879 bits per heavy atom. The van der Waals surface area contributed by atoms with E-state index in [1.165, 1.54) is 43.3 Å². The normalized spacial score (nSPS) is 21.9. The molecular formula is C25H19FN2O5. The zero-order valence-electron chi connectivity index (χ0n) is 17.6. The molecule has 2 aliphatic rings. The van der Waals surface area contributed by atoms with Gasteiger partial charge in [0.1, 0.15) is 17.5 Å². The first kappa shape index (κ1) is 20.8. The monoisotopic (exact) mass is 446 g/mol. The SMILES string of the molecule is CC(=O)Oc1ccc(N2C(=O)C3ON(c4ccccc4)C(c4ccc(F)cc4)C3C2=O)cc1. The number of imide groups is 1. The number of carbonyl (C=O) groups is 3. The highest BCUT2D eigenvalue weighted by molar-refractivity contribution is 6.23. The predicted molar refractivity (Wildman–Crippen MR) is 117 cm³/mol. The van der Waals surface area contributed by atoms with Gasteiger partial charge < -0.3 is 4.74 Å². The maximum absolute atomic E-state index is 13.6. The van der Waals surface area contributed by atoms with Crippen molar-refractivity contribution < 1.29 is 28.3 Å². The smallest absolute Gasteiger partial charge is 0.308 e. The summed E-state index contributed by atoms with van der Waals surface area (Å²) in [6.07, 6.45) is -1.03. The fourth-order valence-electron chi connectivity index (χ4n) is 4.30. The molecule has 7 nitrogen and oxygen atoms in total. The lowest BCUT2D eigenvalue weighted by Gasteiger charge is -2.28. The number of esters is 1. The van der Waals surface area contributed by atoms with Gasteiger partial charge in [0.15, 0.2) is 6.10 Å². The van der Waals surface area contributed by atoms with Crippen molar-refractivity contribution in [2.75, 3.05) is 9.96 Å². The van der Waals surface area contributed by atoms with Gasteiger partial charge in [-0.05, 0) is 54.1 Å². The summed E-state index contributed by atoms with van der Waals surface area (Å²) in [6.45, 7) is 1.29. The summed E-state index contributed by atoms with van der Waals surface area (Å²) in [5.41, 5.74) is 1.68. The topological polar surface area (TPSA) is 76.2 Å². The van der Waals surface area contributed by atoms with Gasteiger partial charge >= 0.3 is 5.97 Å². The fraction of sp³-hybridized carbons (Fsp3) is 0.160. The number of anilines is 2. The van der Waals surface area contributed by atoms with Crippen LogP contribution >= 0.6 is 0 Å². The number of hydroxylamine groups is 1. The molecule has 0 aliphatic carbocycles. The molecule has 0 saturated carbocycles. The van der Waals surface area contributed by atoms with Crippen molar-refractivity contribution in [3.63, 3.8) is 0 Å². The van der Waals surface area contributed by atoms with E-state index in [0.29, 0.717) is 22.7 Å². The highest BCUT2D eigenvalue weighted by atomic mass is 19.1. The van der Waals surface area contributed by atoms with Gasteiger partial charge in [-0.15, -0.1) is 0 Å². The molecule has 3 unspecified atom stereocenters. The predicted octanol–water partition coefficient (Wildman–Crippen LogP) is 3.80. The van der Waals surface area contributed by atoms with Gasteiger partial charge in [-0.1, -0.05) is 30.3 Å². The van der Waals surface area contributed by atoms with Crippen LogP contribution in [0.15, 0.2) is 78.9 Å². The zero-order chi connectivity index (χ0) is 23.1. The molecule has 33 heavy (non-hydrogen) atoms. The maximum Gasteiger partial charge on any atom is 0.308 e. The van der Waals surface area contributed by atoms with E-state index in [2.05, 4.69) is 0 Å². The summed E-state index contributed by atoms with van der Waals surface area (Å²) in [5.74, 6) is -2.29. The fourth-order valence-corrected chi connectivity index (χ4v) is 4.30. The number of hydrogen-bond donors (Lipinski definition) is 0. The van der Waals surface area contributed by atoms with E-state index < -0.39 is 41.7 Å². The third-order valence-electron chi connectivity index (χ3n) is 5.69. The van der Waals surface area contributed by atoms with Gasteiger partial charge in [0.2, 0.25) is 5.91 Å². The van der Waals surface area contributed by atoms with E-state index in [1.807, 2.05) is 30.3 Å². The minimum atomic E-state index is -1.03. The van der Waals surface area contributed by atoms with Gasteiger partial charge in [-0.25, -0.2) is 14.4 Å².